The van der Waals surface area contributed by atoms with Crippen molar-refractivity contribution < 1.29 is 0 Å². The van der Waals surface area contributed by atoms with Gasteiger partial charge in [0.25, 0.3) is 0 Å². The number of hydrogen-bond acceptors (Lipinski definition) is 0. The summed E-state index contributed by atoms with van der Waals surface area (Å²) < 4.78 is 0. The predicted molar refractivity (Wildman–Crippen MR) is 57.5 cm³/mol. The van der Waals surface area contributed by atoms with Gasteiger partial charge in [0.1, 0.15) is 0 Å². The summed E-state index contributed by atoms with van der Waals surface area (Å²) >= 11 is 12.3. The van der Waals surface area contributed by atoms with Gasteiger partial charge in [0, 0.05) is 5.02 Å². The molecule has 1 aliphatic rings. The van der Waals surface area contributed by atoms with Crippen molar-refractivity contribution in [2.45, 2.75) is 25.6 Å². The first-order valence-electron chi connectivity index (χ1n) is 4.43. The molecule has 0 saturated carbocycles. The van der Waals surface area contributed by atoms with E-state index in [1.54, 1.807) is 0 Å². The van der Waals surface area contributed by atoms with Gasteiger partial charge in [-0.1, -0.05) is 31.5 Å². The summed E-state index contributed by atoms with van der Waals surface area (Å²) in [5.41, 5.74) is 2.71. The number of alkyl halides is 1. The maximum Gasteiger partial charge on any atom is 0.0642 e. The lowest BCUT2D eigenvalue weighted by Crippen LogP contribution is -2.12. The maximum atomic E-state index is 6.34. The van der Waals surface area contributed by atoms with E-state index in [1.807, 2.05) is 18.2 Å². The highest BCUT2D eigenvalue weighted by molar-refractivity contribution is 6.30. The standard InChI is InChI=1S/C11H12Cl2/c1-11(2)6-7-5-8(12)3-4-9(7)10(11)13/h3-5,10H,6H2,1-2H3. The normalized spacial score (nSPS) is 24.5. The van der Waals surface area contributed by atoms with Crippen LogP contribution in [-0.2, 0) is 6.42 Å². The van der Waals surface area contributed by atoms with Crippen molar-refractivity contribution in [3.63, 3.8) is 0 Å². The minimum atomic E-state index is 0.125. The van der Waals surface area contributed by atoms with Crippen molar-refractivity contribution in [2.24, 2.45) is 5.41 Å². The Morgan fingerprint density at radius 3 is 2.77 bits per heavy atom. The minimum absolute atomic E-state index is 0.125. The Kier molecular flexibility index (Phi) is 2.08. The van der Waals surface area contributed by atoms with Crippen molar-refractivity contribution in [3.8, 4) is 0 Å². The van der Waals surface area contributed by atoms with Crippen LogP contribution in [0.3, 0.4) is 0 Å². The van der Waals surface area contributed by atoms with Crippen LogP contribution in [0.5, 0.6) is 0 Å². The van der Waals surface area contributed by atoms with Gasteiger partial charge >= 0.3 is 0 Å². The molecular weight excluding hydrogens is 203 g/mol. The van der Waals surface area contributed by atoms with Gasteiger partial charge in [-0.3, -0.25) is 0 Å². The van der Waals surface area contributed by atoms with E-state index >= 15 is 0 Å². The lowest BCUT2D eigenvalue weighted by atomic mass is 9.90. The zero-order chi connectivity index (χ0) is 9.64. The number of rotatable bonds is 0. The molecule has 1 aromatic rings. The van der Waals surface area contributed by atoms with Crippen LogP contribution in [0.2, 0.25) is 5.02 Å². The van der Waals surface area contributed by atoms with Gasteiger partial charge in [-0.2, -0.15) is 0 Å². The molecule has 0 fully saturated rings. The summed E-state index contributed by atoms with van der Waals surface area (Å²) in [6.45, 7) is 4.39. The summed E-state index contributed by atoms with van der Waals surface area (Å²) in [7, 11) is 0. The van der Waals surface area contributed by atoms with Crippen molar-refractivity contribution in [1.29, 1.82) is 0 Å². The highest BCUT2D eigenvalue weighted by Crippen LogP contribution is 2.49. The Balaban J connectivity index is 2.50. The molecule has 0 nitrogen and oxygen atoms in total. The Labute approximate surface area is 88.9 Å². The second kappa shape index (κ2) is 2.90. The quantitative estimate of drug-likeness (QED) is 0.569. The predicted octanol–water partition coefficient (Wildman–Crippen LogP) is 4.20. The highest BCUT2D eigenvalue weighted by atomic mass is 35.5. The first-order chi connectivity index (χ1) is 6.00. The van der Waals surface area contributed by atoms with Crippen LogP contribution in [0.25, 0.3) is 0 Å². The molecule has 0 heterocycles. The number of fused-ring (bicyclic) bond motifs is 1. The Morgan fingerprint density at radius 1 is 1.38 bits per heavy atom. The molecule has 2 heteroatoms. The third-order valence-corrected chi connectivity index (χ3v) is 3.77. The van der Waals surface area contributed by atoms with E-state index in [0.717, 1.165) is 11.4 Å². The summed E-state index contributed by atoms with van der Waals surface area (Å²) in [5, 5.41) is 0.931. The lowest BCUT2D eigenvalue weighted by Gasteiger charge is -2.21. The average molecular weight is 215 g/mol. The number of benzene rings is 1. The van der Waals surface area contributed by atoms with Gasteiger partial charge < -0.3 is 0 Å². The van der Waals surface area contributed by atoms with Gasteiger partial charge in [0.2, 0.25) is 0 Å². The maximum absolute atomic E-state index is 6.34. The topological polar surface area (TPSA) is 0 Å². The minimum Gasteiger partial charge on any atom is -0.117 e. The molecule has 0 amide bonds. The van der Waals surface area contributed by atoms with E-state index in [-0.39, 0.29) is 10.8 Å². The largest absolute Gasteiger partial charge is 0.117 e. The van der Waals surface area contributed by atoms with Crippen LogP contribution in [0.4, 0.5) is 0 Å². The molecule has 0 saturated heterocycles. The van der Waals surface area contributed by atoms with Gasteiger partial charge in [0.05, 0.1) is 5.38 Å². The van der Waals surface area contributed by atoms with E-state index in [1.165, 1.54) is 11.1 Å². The molecule has 0 N–H and O–H groups in total. The van der Waals surface area contributed by atoms with Crippen molar-refractivity contribution >= 4 is 23.2 Å². The van der Waals surface area contributed by atoms with E-state index in [4.69, 9.17) is 23.2 Å². The summed E-state index contributed by atoms with van der Waals surface area (Å²) in [5.74, 6) is 0. The summed E-state index contributed by atoms with van der Waals surface area (Å²) in [6, 6.07) is 5.99. The van der Waals surface area contributed by atoms with Crippen LogP contribution in [0.15, 0.2) is 18.2 Å². The molecule has 13 heavy (non-hydrogen) atoms. The van der Waals surface area contributed by atoms with Gasteiger partial charge in [0.15, 0.2) is 0 Å². The van der Waals surface area contributed by atoms with E-state index in [0.29, 0.717) is 0 Å². The fraction of sp³-hybridized carbons (Fsp3) is 0.455. The molecule has 1 aliphatic carbocycles. The number of halogens is 2. The molecule has 0 aromatic heterocycles. The van der Waals surface area contributed by atoms with Gasteiger partial charge in [-0.05, 0) is 35.1 Å². The summed E-state index contributed by atoms with van der Waals surface area (Å²) in [6.07, 6.45) is 1.02. The second-order valence-corrected chi connectivity index (χ2v) is 5.24. The van der Waals surface area contributed by atoms with E-state index in [2.05, 4.69) is 13.8 Å². The Morgan fingerprint density at radius 2 is 2.08 bits per heavy atom. The van der Waals surface area contributed by atoms with E-state index < -0.39 is 0 Å². The van der Waals surface area contributed by atoms with Crippen LogP contribution >= 0.6 is 23.2 Å². The van der Waals surface area contributed by atoms with Gasteiger partial charge in [-0.25, -0.2) is 0 Å². The third kappa shape index (κ3) is 1.47. The van der Waals surface area contributed by atoms with Crippen LogP contribution in [-0.4, -0.2) is 0 Å². The second-order valence-electron chi connectivity index (χ2n) is 4.37. The molecule has 1 aromatic carbocycles. The third-order valence-electron chi connectivity index (χ3n) is 2.71. The molecular formula is C11H12Cl2. The molecule has 0 bridgehead atoms. The average Bonchev–Trinajstić information content (AvgIpc) is 2.22. The monoisotopic (exact) mass is 214 g/mol. The zero-order valence-electron chi connectivity index (χ0n) is 7.77. The highest BCUT2D eigenvalue weighted by Gasteiger charge is 2.37. The van der Waals surface area contributed by atoms with Crippen LogP contribution in [0.1, 0.15) is 30.4 Å². The van der Waals surface area contributed by atoms with E-state index in [9.17, 15) is 0 Å². The number of hydrogen-bond donors (Lipinski definition) is 0. The Hall–Kier alpha value is -0.200. The first-order valence-corrected chi connectivity index (χ1v) is 5.24. The fourth-order valence-electron chi connectivity index (χ4n) is 1.98. The Bertz CT molecular complexity index is 342. The van der Waals surface area contributed by atoms with Crippen molar-refractivity contribution in [3.05, 3.63) is 34.3 Å². The summed E-state index contributed by atoms with van der Waals surface area (Å²) in [4.78, 5) is 0. The molecule has 1 unspecified atom stereocenters. The molecule has 70 valence electrons. The van der Waals surface area contributed by atoms with Crippen LogP contribution < -0.4 is 0 Å². The van der Waals surface area contributed by atoms with Crippen molar-refractivity contribution in [1.82, 2.24) is 0 Å². The first kappa shape index (κ1) is 9.36. The lowest BCUT2D eigenvalue weighted by molar-refractivity contribution is 0.379. The smallest absolute Gasteiger partial charge is 0.0642 e. The van der Waals surface area contributed by atoms with Crippen molar-refractivity contribution in [2.75, 3.05) is 0 Å². The fourth-order valence-corrected chi connectivity index (χ4v) is 2.46. The molecule has 1 atom stereocenters. The molecule has 0 aliphatic heterocycles. The zero-order valence-corrected chi connectivity index (χ0v) is 9.28. The van der Waals surface area contributed by atoms with Gasteiger partial charge in [-0.15, -0.1) is 11.6 Å². The molecule has 2 rings (SSSR count). The van der Waals surface area contributed by atoms with Crippen LogP contribution in [0, 0.1) is 5.41 Å². The molecule has 0 radical (unpaired) electrons. The molecule has 0 spiro atoms. The SMILES string of the molecule is CC1(C)Cc2cc(Cl)ccc2C1Cl.